The fraction of sp³-hybridized carbons (Fsp3) is 0.889. The first-order chi connectivity index (χ1) is 11.5. The Hall–Kier alpha value is -0.570. The van der Waals surface area contributed by atoms with Gasteiger partial charge in [0, 0.05) is 40.3 Å². The standard InChI is InChI=1S/C18H34N4O2.HI/c1-14-8-9-22(13-15(14)2)18(20-12-17(23)21(3)4)19-11-16-7-5-6-10-24-16;/h14-16H,5-13H2,1-4H3,(H,19,20);1H. The van der Waals surface area contributed by atoms with Crippen LogP contribution in [-0.4, -0.2) is 74.7 Å². The SMILES string of the molecule is CC1CCN(C(=NCC(=O)N(C)C)NCC2CCCCO2)CC1C.I. The number of likely N-dealkylation sites (N-methyl/N-ethyl adjacent to an activating group) is 1. The Balaban J connectivity index is 0.00000312. The van der Waals surface area contributed by atoms with Crippen LogP contribution < -0.4 is 5.32 Å². The quantitative estimate of drug-likeness (QED) is 0.392. The van der Waals surface area contributed by atoms with Gasteiger partial charge in [-0.15, -0.1) is 24.0 Å². The molecule has 25 heavy (non-hydrogen) atoms. The van der Waals surface area contributed by atoms with Gasteiger partial charge in [-0.1, -0.05) is 13.8 Å². The second-order valence-corrected chi connectivity index (χ2v) is 7.49. The molecule has 3 atom stereocenters. The summed E-state index contributed by atoms with van der Waals surface area (Å²) in [7, 11) is 3.54. The zero-order valence-electron chi connectivity index (χ0n) is 16.2. The summed E-state index contributed by atoms with van der Waals surface area (Å²) in [5.41, 5.74) is 0. The number of likely N-dealkylation sites (tertiary alicyclic amines) is 1. The molecule has 0 aromatic carbocycles. The number of aliphatic imine (C=N–C) groups is 1. The lowest BCUT2D eigenvalue weighted by molar-refractivity contribution is -0.127. The molecular formula is C18H35IN4O2. The van der Waals surface area contributed by atoms with Crippen molar-refractivity contribution in [2.45, 2.75) is 45.6 Å². The number of nitrogens with zero attached hydrogens (tertiary/aromatic N) is 3. The number of hydrogen-bond donors (Lipinski definition) is 1. The maximum atomic E-state index is 11.9. The Morgan fingerprint density at radius 2 is 2.00 bits per heavy atom. The van der Waals surface area contributed by atoms with E-state index in [4.69, 9.17) is 4.74 Å². The monoisotopic (exact) mass is 466 g/mol. The van der Waals surface area contributed by atoms with Crippen molar-refractivity contribution in [2.24, 2.45) is 16.8 Å². The maximum absolute atomic E-state index is 11.9. The van der Waals surface area contributed by atoms with E-state index in [1.807, 2.05) is 0 Å². The van der Waals surface area contributed by atoms with Crippen molar-refractivity contribution < 1.29 is 9.53 Å². The van der Waals surface area contributed by atoms with Crippen LogP contribution in [-0.2, 0) is 9.53 Å². The lowest BCUT2D eigenvalue weighted by Crippen LogP contribution is -2.50. The summed E-state index contributed by atoms with van der Waals surface area (Å²) in [4.78, 5) is 20.4. The molecule has 0 radical (unpaired) electrons. The van der Waals surface area contributed by atoms with Gasteiger partial charge in [-0.05, 0) is 37.5 Å². The average molecular weight is 466 g/mol. The topological polar surface area (TPSA) is 57.2 Å². The van der Waals surface area contributed by atoms with E-state index in [2.05, 4.69) is 29.1 Å². The summed E-state index contributed by atoms with van der Waals surface area (Å²) in [5.74, 6) is 2.27. The third kappa shape index (κ3) is 7.29. The normalized spacial score (nSPS) is 27.4. The molecule has 3 unspecified atom stereocenters. The second-order valence-electron chi connectivity index (χ2n) is 7.49. The molecule has 2 fully saturated rings. The first kappa shape index (κ1) is 22.5. The Labute approximate surface area is 169 Å². The Morgan fingerprint density at radius 1 is 1.24 bits per heavy atom. The Morgan fingerprint density at radius 3 is 2.60 bits per heavy atom. The molecule has 2 aliphatic heterocycles. The molecule has 2 saturated heterocycles. The van der Waals surface area contributed by atoms with Crippen molar-refractivity contribution in [1.29, 1.82) is 0 Å². The predicted octanol–water partition coefficient (Wildman–Crippen LogP) is 2.19. The molecule has 6 nitrogen and oxygen atoms in total. The molecule has 1 N–H and O–H groups in total. The molecule has 0 bridgehead atoms. The van der Waals surface area contributed by atoms with Crippen molar-refractivity contribution in [2.75, 3.05) is 46.9 Å². The third-order valence-electron chi connectivity index (χ3n) is 5.26. The highest BCUT2D eigenvalue weighted by atomic mass is 127. The minimum Gasteiger partial charge on any atom is -0.376 e. The van der Waals surface area contributed by atoms with Crippen LogP contribution in [0.25, 0.3) is 0 Å². The number of hydrogen-bond acceptors (Lipinski definition) is 3. The number of amides is 1. The van der Waals surface area contributed by atoms with Gasteiger partial charge in [-0.2, -0.15) is 0 Å². The molecule has 2 aliphatic rings. The van der Waals surface area contributed by atoms with Gasteiger partial charge in [0.25, 0.3) is 0 Å². The molecule has 2 heterocycles. The van der Waals surface area contributed by atoms with Crippen molar-refractivity contribution >= 4 is 35.8 Å². The van der Waals surface area contributed by atoms with Gasteiger partial charge in [0.1, 0.15) is 6.54 Å². The minimum atomic E-state index is 0. The number of guanidine groups is 1. The molecule has 0 aromatic heterocycles. The van der Waals surface area contributed by atoms with Gasteiger partial charge < -0.3 is 19.9 Å². The van der Waals surface area contributed by atoms with E-state index >= 15 is 0 Å². The summed E-state index contributed by atoms with van der Waals surface area (Å²) >= 11 is 0. The van der Waals surface area contributed by atoms with Crippen LogP contribution in [0.15, 0.2) is 4.99 Å². The molecule has 0 aliphatic carbocycles. The van der Waals surface area contributed by atoms with Crippen LogP contribution in [0.1, 0.15) is 39.5 Å². The molecule has 7 heteroatoms. The van der Waals surface area contributed by atoms with Gasteiger partial charge in [-0.3, -0.25) is 4.79 Å². The summed E-state index contributed by atoms with van der Waals surface area (Å²) < 4.78 is 5.81. The van der Waals surface area contributed by atoms with Gasteiger partial charge in [0.05, 0.1) is 6.10 Å². The smallest absolute Gasteiger partial charge is 0.243 e. The van der Waals surface area contributed by atoms with E-state index in [9.17, 15) is 4.79 Å². The summed E-state index contributed by atoms with van der Waals surface area (Å²) in [6.07, 6.45) is 4.93. The van der Waals surface area contributed by atoms with Gasteiger partial charge in [-0.25, -0.2) is 4.99 Å². The van der Waals surface area contributed by atoms with E-state index in [0.717, 1.165) is 51.0 Å². The van der Waals surface area contributed by atoms with Crippen LogP contribution in [0.3, 0.4) is 0 Å². The summed E-state index contributed by atoms with van der Waals surface area (Å²) in [6.45, 7) is 8.43. The number of halogens is 1. The van der Waals surface area contributed by atoms with E-state index in [1.54, 1.807) is 19.0 Å². The lowest BCUT2D eigenvalue weighted by atomic mass is 9.89. The zero-order valence-corrected chi connectivity index (χ0v) is 18.5. The minimum absolute atomic E-state index is 0. The fourth-order valence-corrected chi connectivity index (χ4v) is 3.18. The van der Waals surface area contributed by atoms with Crippen LogP contribution in [0.4, 0.5) is 0 Å². The van der Waals surface area contributed by atoms with Crippen LogP contribution >= 0.6 is 24.0 Å². The first-order valence-corrected chi connectivity index (χ1v) is 9.32. The van der Waals surface area contributed by atoms with Crippen LogP contribution in [0.2, 0.25) is 0 Å². The number of carbonyl (C=O) groups excluding carboxylic acids is 1. The van der Waals surface area contributed by atoms with E-state index in [-0.39, 0.29) is 42.5 Å². The fourth-order valence-electron chi connectivity index (χ4n) is 3.18. The first-order valence-electron chi connectivity index (χ1n) is 9.32. The van der Waals surface area contributed by atoms with Gasteiger partial charge >= 0.3 is 0 Å². The lowest BCUT2D eigenvalue weighted by Gasteiger charge is -2.37. The number of piperidine rings is 1. The van der Waals surface area contributed by atoms with Crippen molar-refractivity contribution in [3.8, 4) is 0 Å². The van der Waals surface area contributed by atoms with Gasteiger partial charge in [0.2, 0.25) is 5.91 Å². The second kappa shape index (κ2) is 11.2. The predicted molar refractivity (Wildman–Crippen MR) is 113 cm³/mol. The molecular weight excluding hydrogens is 431 g/mol. The highest BCUT2D eigenvalue weighted by molar-refractivity contribution is 14.0. The largest absolute Gasteiger partial charge is 0.376 e. The average Bonchev–Trinajstić information content (AvgIpc) is 2.58. The maximum Gasteiger partial charge on any atom is 0.243 e. The highest BCUT2D eigenvalue weighted by Gasteiger charge is 2.25. The summed E-state index contributed by atoms with van der Waals surface area (Å²) in [5, 5.41) is 3.47. The Kier molecular flexibility index (Phi) is 10.1. The van der Waals surface area contributed by atoms with Crippen molar-refractivity contribution in [3.05, 3.63) is 0 Å². The van der Waals surface area contributed by atoms with Crippen molar-refractivity contribution in [1.82, 2.24) is 15.1 Å². The molecule has 146 valence electrons. The molecule has 0 saturated carbocycles. The van der Waals surface area contributed by atoms with E-state index in [0.29, 0.717) is 5.92 Å². The van der Waals surface area contributed by atoms with Crippen LogP contribution in [0, 0.1) is 11.8 Å². The molecule has 1 amide bonds. The number of ether oxygens (including phenoxy) is 1. The van der Waals surface area contributed by atoms with E-state index < -0.39 is 0 Å². The molecule has 0 spiro atoms. The van der Waals surface area contributed by atoms with Crippen molar-refractivity contribution in [3.63, 3.8) is 0 Å². The highest BCUT2D eigenvalue weighted by Crippen LogP contribution is 2.22. The molecule has 0 aromatic rings. The number of carbonyl (C=O) groups is 1. The Bertz CT molecular complexity index is 439. The third-order valence-corrected chi connectivity index (χ3v) is 5.26. The van der Waals surface area contributed by atoms with E-state index in [1.165, 1.54) is 12.8 Å². The molecule has 2 rings (SSSR count). The van der Waals surface area contributed by atoms with Gasteiger partial charge in [0.15, 0.2) is 5.96 Å². The number of rotatable bonds is 4. The zero-order chi connectivity index (χ0) is 17.5. The number of nitrogens with one attached hydrogen (secondary N) is 1. The van der Waals surface area contributed by atoms with Crippen LogP contribution in [0.5, 0.6) is 0 Å². The summed E-state index contributed by atoms with van der Waals surface area (Å²) in [6, 6.07) is 0.